The van der Waals surface area contributed by atoms with Crippen LogP contribution in [0, 0.1) is 10.5 Å². The van der Waals surface area contributed by atoms with E-state index < -0.39 is 0 Å². The van der Waals surface area contributed by atoms with Gasteiger partial charge in [-0.2, -0.15) is 0 Å². The lowest BCUT2D eigenvalue weighted by Crippen LogP contribution is -2.02. The molecule has 0 amide bonds. The molecule has 3 nitrogen and oxygen atoms in total. The highest BCUT2D eigenvalue weighted by molar-refractivity contribution is 14.1. The van der Waals surface area contributed by atoms with E-state index in [2.05, 4.69) is 37.9 Å². The predicted molar refractivity (Wildman–Crippen MR) is 71.1 cm³/mol. The molecular formula is C10H10IN3S. The molecule has 2 rings (SSSR count). The third-order valence-corrected chi connectivity index (χ3v) is 3.83. The number of nitrogens with zero attached hydrogens (tertiary/aromatic N) is 2. The van der Waals surface area contributed by atoms with Gasteiger partial charge in [0.05, 0.1) is 21.3 Å². The number of hydrogen-bond acceptors (Lipinski definition) is 4. The molecule has 0 saturated carbocycles. The molecule has 0 aromatic carbocycles. The Morgan fingerprint density at radius 1 is 1.47 bits per heavy atom. The summed E-state index contributed by atoms with van der Waals surface area (Å²) in [5.74, 6) is 0.936. The summed E-state index contributed by atoms with van der Waals surface area (Å²) in [6, 6.07) is 3.97. The number of anilines is 1. The van der Waals surface area contributed by atoms with Gasteiger partial charge >= 0.3 is 0 Å². The molecule has 2 aromatic heterocycles. The molecule has 0 aliphatic heterocycles. The zero-order chi connectivity index (χ0) is 10.7. The van der Waals surface area contributed by atoms with Gasteiger partial charge in [0.2, 0.25) is 0 Å². The number of thiazole rings is 1. The zero-order valence-electron chi connectivity index (χ0n) is 8.20. The van der Waals surface area contributed by atoms with Gasteiger partial charge in [-0.1, -0.05) is 0 Å². The van der Waals surface area contributed by atoms with E-state index in [1.165, 1.54) is 4.88 Å². The summed E-state index contributed by atoms with van der Waals surface area (Å²) in [5, 5.41) is 3.31. The molecule has 0 aliphatic carbocycles. The molecule has 15 heavy (non-hydrogen) atoms. The highest BCUT2D eigenvalue weighted by Gasteiger charge is 2.03. The van der Waals surface area contributed by atoms with Crippen LogP contribution in [0.1, 0.15) is 10.6 Å². The van der Waals surface area contributed by atoms with Crippen molar-refractivity contribution in [2.24, 2.45) is 0 Å². The Balaban J connectivity index is 2.06. The van der Waals surface area contributed by atoms with Crippen LogP contribution in [-0.4, -0.2) is 9.97 Å². The third kappa shape index (κ3) is 2.66. The molecule has 2 aromatic rings. The zero-order valence-corrected chi connectivity index (χ0v) is 11.2. The summed E-state index contributed by atoms with van der Waals surface area (Å²) < 4.78 is 1.14. The van der Waals surface area contributed by atoms with Crippen molar-refractivity contribution in [3.8, 4) is 0 Å². The van der Waals surface area contributed by atoms with E-state index in [9.17, 15) is 0 Å². The first kappa shape index (κ1) is 10.8. The summed E-state index contributed by atoms with van der Waals surface area (Å²) in [7, 11) is 0. The molecule has 0 unspecified atom stereocenters. The first-order valence-electron chi connectivity index (χ1n) is 4.50. The van der Waals surface area contributed by atoms with Gasteiger partial charge in [-0.25, -0.2) is 9.97 Å². The van der Waals surface area contributed by atoms with Crippen LogP contribution in [0.5, 0.6) is 0 Å². The quantitative estimate of drug-likeness (QED) is 0.879. The monoisotopic (exact) mass is 331 g/mol. The fraction of sp³-hybridized carbons (Fsp3) is 0.200. The molecule has 0 spiro atoms. The fourth-order valence-electron chi connectivity index (χ4n) is 1.18. The molecule has 1 N–H and O–H groups in total. The van der Waals surface area contributed by atoms with Crippen LogP contribution in [0.4, 0.5) is 5.82 Å². The smallest absolute Gasteiger partial charge is 0.139 e. The first-order chi connectivity index (χ1) is 7.27. The topological polar surface area (TPSA) is 37.8 Å². The van der Waals surface area contributed by atoms with Crippen molar-refractivity contribution in [3.05, 3.63) is 38.0 Å². The van der Waals surface area contributed by atoms with Gasteiger partial charge in [0.1, 0.15) is 5.82 Å². The number of aryl methyl sites for hydroxylation is 1. The van der Waals surface area contributed by atoms with E-state index in [-0.39, 0.29) is 0 Å². The largest absolute Gasteiger partial charge is 0.364 e. The van der Waals surface area contributed by atoms with Crippen LogP contribution in [0.25, 0.3) is 0 Å². The molecule has 78 valence electrons. The molecular weight excluding hydrogens is 321 g/mol. The van der Waals surface area contributed by atoms with Gasteiger partial charge in [0, 0.05) is 11.1 Å². The Labute approximate surface area is 106 Å². The Hall–Kier alpha value is -0.690. The second kappa shape index (κ2) is 4.89. The maximum absolute atomic E-state index is 4.27. The van der Waals surface area contributed by atoms with Gasteiger partial charge in [-0.3, -0.25) is 0 Å². The Kier molecular flexibility index (Phi) is 3.53. The Morgan fingerprint density at radius 3 is 3.00 bits per heavy atom. The molecule has 0 bridgehead atoms. The highest BCUT2D eigenvalue weighted by Crippen LogP contribution is 2.17. The van der Waals surface area contributed by atoms with Crippen LogP contribution in [0.3, 0.4) is 0 Å². The number of rotatable bonds is 3. The van der Waals surface area contributed by atoms with Crippen molar-refractivity contribution in [1.29, 1.82) is 0 Å². The standard InChI is InChI=1S/C10H10IN3S/c1-7-9(15-6-14-7)5-13-10-8(11)3-2-4-12-10/h2-4,6H,5H2,1H3,(H,12,13). The van der Waals surface area contributed by atoms with E-state index in [0.29, 0.717) is 0 Å². The van der Waals surface area contributed by atoms with E-state index in [0.717, 1.165) is 21.6 Å². The Morgan fingerprint density at radius 2 is 2.33 bits per heavy atom. The van der Waals surface area contributed by atoms with E-state index >= 15 is 0 Å². The summed E-state index contributed by atoms with van der Waals surface area (Å²) in [5.41, 5.74) is 2.97. The summed E-state index contributed by atoms with van der Waals surface area (Å²) in [4.78, 5) is 9.74. The van der Waals surface area contributed by atoms with Crippen molar-refractivity contribution >= 4 is 39.7 Å². The molecule has 5 heteroatoms. The minimum atomic E-state index is 0.795. The van der Waals surface area contributed by atoms with Gasteiger partial charge in [-0.05, 0) is 41.6 Å². The number of nitrogens with one attached hydrogen (secondary N) is 1. The average Bonchev–Trinajstić information content (AvgIpc) is 2.63. The lowest BCUT2D eigenvalue weighted by Gasteiger charge is -2.05. The predicted octanol–water partition coefficient (Wildman–Crippen LogP) is 3.06. The molecule has 0 fully saturated rings. The minimum absolute atomic E-state index is 0.795. The summed E-state index contributed by atoms with van der Waals surface area (Å²) in [6.07, 6.45) is 1.80. The van der Waals surface area contributed by atoms with Crippen molar-refractivity contribution in [2.45, 2.75) is 13.5 Å². The summed E-state index contributed by atoms with van der Waals surface area (Å²) >= 11 is 3.94. The van der Waals surface area contributed by atoms with Crippen LogP contribution in [0.15, 0.2) is 23.8 Å². The molecule has 2 heterocycles. The van der Waals surface area contributed by atoms with Crippen molar-refractivity contribution in [3.63, 3.8) is 0 Å². The van der Waals surface area contributed by atoms with Gasteiger partial charge in [0.25, 0.3) is 0 Å². The van der Waals surface area contributed by atoms with Crippen molar-refractivity contribution in [1.82, 2.24) is 9.97 Å². The number of halogens is 1. The Bertz CT molecular complexity index is 455. The third-order valence-electron chi connectivity index (χ3n) is 2.02. The van der Waals surface area contributed by atoms with E-state index in [1.54, 1.807) is 17.5 Å². The first-order valence-corrected chi connectivity index (χ1v) is 6.46. The number of hydrogen-bond donors (Lipinski definition) is 1. The van der Waals surface area contributed by atoms with Crippen molar-refractivity contribution in [2.75, 3.05) is 5.32 Å². The van der Waals surface area contributed by atoms with E-state index in [4.69, 9.17) is 0 Å². The van der Waals surface area contributed by atoms with Crippen LogP contribution in [0.2, 0.25) is 0 Å². The molecule has 0 radical (unpaired) electrons. The van der Waals surface area contributed by atoms with Crippen LogP contribution >= 0.6 is 33.9 Å². The molecule has 0 saturated heterocycles. The highest BCUT2D eigenvalue weighted by atomic mass is 127. The minimum Gasteiger partial charge on any atom is -0.364 e. The van der Waals surface area contributed by atoms with Crippen LogP contribution < -0.4 is 5.32 Å². The van der Waals surface area contributed by atoms with E-state index in [1.807, 2.05) is 24.6 Å². The van der Waals surface area contributed by atoms with Crippen molar-refractivity contribution < 1.29 is 0 Å². The SMILES string of the molecule is Cc1ncsc1CNc1ncccc1I. The number of pyridine rings is 1. The van der Waals surface area contributed by atoms with Crippen LogP contribution in [-0.2, 0) is 6.54 Å². The van der Waals surface area contributed by atoms with Gasteiger partial charge in [-0.15, -0.1) is 11.3 Å². The maximum atomic E-state index is 4.27. The van der Waals surface area contributed by atoms with Gasteiger partial charge in [0.15, 0.2) is 0 Å². The second-order valence-corrected chi connectivity index (χ2v) is 5.15. The normalized spacial score (nSPS) is 10.3. The molecule has 0 aliphatic rings. The lowest BCUT2D eigenvalue weighted by atomic mass is 10.4. The van der Waals surface area contributed by atoms with Gasteiger partial charge < -0.3 is 5.32 Å². The fourth-order valence-corrected chi connectivity index (χ4v) is 2.43. The average molecular weight is 331 g/mol. The number of aromatic nitrogens is 2. The second-order valence-electron chi connectivity index (χ2n) is 3.05. The summed E-state index contributed by atoms with van der Waals surface area (Å²) in [6.45, 7) is 2.82. The lowest BCUT2D eigenvalue weighted by molar-refractivity contribution is 1.09. The maximum Gasteiger partial charge on any atom is 0.139 e. The molecule has 0 atom stereocenters.